The summed E-state index contributed by atoms with van der Waals surface area (Å²) in [4.78, 5) is 16.9. The van der Waals surface area contributed by atoms with E-state index in [4.69, 9.17) is 27.9 Å². The number of halogens is 2. The van der Waals surface area contributed by atoms with Crippen LogP contribution in [0.5, 0.6) is 5.75 Å². The lowest BCUT2D eigenvalue weighted by Gasteiger charge is -2.22. The highest BCUT2D eigenvalue weighted by Gasteiger charge is 2.32. The Kier molecular flexibility index (Phi) is 5.89. The lowest BCUT2D eigenvalue weighted by atomic mass is 9.90. The summed E-state index contributed by atoms with van der Waals surface area (Å²) < 4.78 is 5.45. The van der Waals surface area contributed by atoms with E-state index in [1.165, 1.54) is 6.20 Å². The van der Waals surface area contributed by atoms with Crippen molar-refractivity contribution in [3.05, 3.63) is 94.2 Å². The van der Waals surface area contributed by atoms with Gasteiger partial charge < -0.3 is 9.84 Å². The molecule has 0 radical (unpaired) electrons. The van der Waals surface area contributed by atoms with Crippen LogP contribution >= 0.6 is 23.2 Å². The summed E-state index contributed by atoms with van der Waals surface area (Å²) in [6.07, 6.45) is 1.96. The van der Waals surface area contributed by atoms with Crippen LogP contribution < -0.4 is 4.74 Å². The van der Waals surface area contributed by atoms with Crippen LogP contribution in [-0.2, 0) is 4.79 Å². The van der Waals surface area contributed by atoms with E-state index >= 15 is 0 Å². The number of hydrogen-bond donors (Lipinski definition) is 1. The van der Waals surface area contributed by atoms with Crippen molar-refractivity contribution in [3.63, 3.8) is 0 Å². The Labute approximate surface area is 161 Å². The number of esters is 1. The van der Waals surface area contributed by atoms with Gasteiger partial charge >= 0.3 is 5.97 Å². The smallest absolute Gasteiger partial charge is 0.321 e. The van der Waals surface area contributed by atoms with Crippen LogP contribution in [0, 0.1) is 0 Å². The van der Waals surface area contributed by atoms with E-state index in [0.717, 1.165) is 0 Å². The zero-order valence-corrected chi connectivity index (χ0v) is 15.1. The number of aliphatic hydroxyl groups excluding tert-OH is 1. The molecule has 0 saturated heterocycles. The summed E-state index contributed by atoms with van der Waals surface area (Å²) in [5.41, 5.74) is 1.11. The van der Waals surface area contributed by atoms with Crippen molar-refractivity contribution in [1.82, 2.24) is 4.98 Å². The number of aliphatic hydroxyl groups is 1. The van der Waals surface area contributed by atoms with Crippen LogP contribution in [0.25, 0.3) is 0 Å². The first kappa shape index (κ1) is 18.4. The fourth-order valence-electron chi connectivity index (χ4n) is 2.60. The zero-order chi connectivity index (χ0) is 18.5. The summed E-state index contributed by atoms with van der Waals surface area (Å²) in [5, 5.41) is 11.2. The number of hydrogen-bond acceptors (Lipinski definition) is 4. The molecular formula is C20H15Cl2NO3. The van der Waals surface area contributed by atoms with Crippen LogP contribution in [0.1, 0.15) is 23.1 Å². The van der Waals surface area contributed by atoms with Gasteiger partial charge in [-0.1, -0.05) is 65.7 Å². The van der Waals surface area contributed by atoms with Crippen molar-refractivity contribution < 1.29 is 14.6 Å². The molecule has 0 bridgehead atoms. The monoisotopic (exact) mass is 387 g/mol. The van der Waals surface area contributed by atoms with E-state index < -0.39 is 18.0 Å². The lowest BCUT2D eigenvalue weighted by molar-refractivity contribution is -0.139. The molecule has 1 heterocycles. The molecule has 0 aliphatic rings. The molecule has 132 valence electrons. The van der Waals surface area contributed by atoms with Crippen LogP contribution in [-0.4, -0.2) is 16.1 Å². The number of rotatable bonds is 5. The van der Waals surface area contributed by atoms with Crippen molar-refractivity contribution >= 4 is 29.2 Å². The quantitative estimate of drug-likeness (QED) is 0.503. The number of benzene rings is 2. The van der Waals surface area contributed by atoms with E-state index in [-0.39, 0.29) is 15.8 Å². The van der Waals surface area contributed by atoms with Gasteiger partial charge in [-0.15, -0.1) is 0 Å². The first-order chi connectivity index (χ1) is 12.6. The lowest BCUT2D eigenvalue weighted by Crippen LogP contribution is -2.25. The third kappa shape index (κ3) is 4.05. The molecule has 1 N–H and O–H groups in total. The van der Waals surface area contributed by atoms with Gasteiger partial charge in [-0.3, -0.25) is 9.78 Å². The molecule has 0 saturated carbocycles. The maximum Gasteiger partial charge on any atom is 0.321 e. The van der Waals surface area contributed by atoms with Gasteiger partial charge in [0.25, 0.3) is 0 Å². The number of para-hydroxylation sites is 1. The number of carbonyl (C=O) groups is 1. The number of pyridine rings is 1. The summed E-state index contributed by atoms with van der Waals surface area (Å²) in [5.74, 6) is -1.56. The Bertz CT molecular complexity index is 868. The molecule has 3 aromatic rings. The average Bonchev–Trinajstić information content (AvgIpc) is 2.66. The van der Waals surface area contributed by atoms with Crippen molar-refractivity contribution in [3.8, 4) is 5.75 Å². The maximum absolute atomic E-state index is 12.9. The Morgan fingerprint density at radius 3 is 2.19 bits per heavy atom. The molecule has 2 unspecified atom stereocenters. The van der Waals surface area contributed by atoms with Gasteiger partial charge in [-0.05, 0) is 23.8 Å². The van der Waals surface area contributed by atoms with Gasteiger partial charge in [0.05, 0.1) is 16.1 Å². The molecule has 0 fully saturated rings. The summed E-state index contributed by atoms with van der Waals surface area (Å²) in [6, 6.07) is 17.1. The average molecular weight is 388 g/mol. The van der Waals surface area contributed by atoms with Crippen LogP contribution in [0.3, 0.4) is 0 Å². The van der Waals surface area contributed by atoms with Crippen molar-refractivity contribution in [2.45, 2.75) is 12.0 Å². The van der Waals surface area contributed by atoms with Crippen molar-refractivity contribution in [1.29, 1.82) is 0 Å². The summed E-state index contributed by atoms with van der Waals surface area (Å²) in [6.45, 7) is 0. The molecule has 2 atom stereocenters. The van der Waals surface area contributed by atoms with Crippen molar-refractivity contribution in [2.24, 2.45) is 0 Å². The third-order valence-electron chi connectivity index (χ3n) is 3.88. The van der Waals surface area contributed by atoms with E-state index in [0.29, 0.717) is 11.1 Å². The number of aromatic nitrogens is 1. The molecule has 3 rings (SSSR count). The number of carbonyl (C=O) groups excluding carboxylic acids is 1. The SMILES string of the molecule is O=C(Oc1c(Cl)cccc1Cl)C(c1ccccc1)C(O)c1cccnc1. The molecule has 0 aliphatic heterocycles. The van der Waals surface area contributed by atoms with Gasteiger partial charge in [0, 0.05) is 18.0 Å². The molecule has 0 amide bonds. The summed E-state index contributed by atoms with van der Waals surface area (Å²) >= 11 is 12.2. The number of ether oxygens (including phenoxy) is 1. The molecule has 4 nitrogen and oxygen atoms in total. The standard InChI is InChI=1S/C20H15Cl2NO3/c21-15-9-4-10-16(22)19(15)26-20(25)17(13-6-2-1-3-7-13)18(24)14-8-5-11-23-12-14/h1-12,17-18,24H. The first-order valence-electron chi connectivity index (χ1n) is 7.86. The molecule has 0 aliphatic carbocycles. The predicted octanol–water partition coefficient (Wildman–Crippen LogP) is 4.81. The second kappa shape index (κ2) is 8.32. The second-order valence-corrected chi connectivity index (χ2v) is 6.41. The van der Waals surface area contributed by atoms with E-state index in [2.05, 4.69) is 4.98 Å². The van der Waals surface area contributed by atoms with Gasteiger partial charge in [0.1, 0.15) is 5.92 Å². The van der Waals surface area contributed by atoms with E-state index in [1.807, 2.05) is 6.07 Å². The molecule has 2 aromatic carbocycles. The van der Waals surface area contributed by atoms with Crippen LogP contribution in [0.4, 0.5) is 0 Å². The van der Waals surface area contributed by atoms with Crippen LogP contribution in [0.15, 0.2) is 73.1 Å². The van der Waals surface area contributed by atoms with E-state index in [9.17, 15) is 9.90 Å². The minimum Gasteiger partial charge on any atom is -0.423 e. The topological polar surface area (TPSA) is 59.4 Å². The van der Waals surface area contributed by atoms with Crippen LogP contribution in [0.2, 0.25) is 10.0 Å². The highest BCUT2D eigenvalue weighted by Crippen LogP contribution is 2.36. The van der Waals surface area contributed by atoms with Gasteiger partial charge in [-0.2, -0.15) is 0 Å². The molecule has 0 spiro atoms. The van der Waals surface area contributed by atoms with Crippen molar-refractivity contribution in [2.75, 3.05) is 0 Å². The first-order valence-corrected chi connectivity index (χ1v) is 8.62. The maximum atomic E-state index is 12.9. The second-order valence-electron chi connectivity index (χ2n) is 5.59. The fourth-order valence-corrected chi connectivity index (χ4v) is 3.07. The Morgan fingerprint density at radius 2 is 1.58 bits per heavy atom. The Hall–Kier alpha value is -2.40. The predicted molar refractivity (Wildman–Crippen MR) is 100 cm³/mol. The highest BCUT2D eigenvalue weighted by molar-refractivity contribution is 6.37. The normalized spacial score (nSPS) is 13.0. The summed E-state index contributed by atoms with van der Waals surface area (Å²) in [7, 11) is 0. The van der Waals surface area contributed by atoms with E-state index in [1.54, 1.807) is 60.8 Å². The molecule has 6 heteroatoms. The Morgan fingerprint density at radius 1 is 0.923 bits per heavy atom. The van der Waals surface area contributed by atoms with Gasteiger partial charge in [0.15, 0.2) is 5.75 Å². The largest absolute Gasteiger partial charge is 0.423 e. The Balaban J connectivity index is 1.97. The zero-order valence-electron chi connectivity index (χ0n) is 13.5. The third-order valence-corrected chi connectivity index (χ3v) is 4.47. The molecule has 26 heavy (non-hydrogen) atoms. The fraction of sp³-hybridized carbons (Fsp3) is 0.100. The minimum absolute atomic E-state index is 0.0696. The number of nitrogens with zero attached hydrogens (tertiary/aromatic N) is 1. The molecule has 1 aromatic heterocycles. The minimum atomic E-state index is -1.14. The van der Waals surface area contributed by atoms with Gasteiger partial charge in [-0.25, -0.2) is 0 Å². The van der Waals surface area contributed by atoms with Gasteiger partial charge in [0.2, 0.25) is 0 Å². The molecular weight excluding hydrogens is 373 g/mol. The highest BCUT2D eigenvalue weighted by atomic mass is 35.5.